The van der Waals surface area contributed by atoms with Gasteiger partial charge in [-0.3, -0.25) is 9.69 Å². The molecule has 0 radical (unpaired) electrons. The summed E-state index contributed by atoms with van der Waals surface area (Å²) in [4.78, 5) is 19.1. The number of aryl methyl sites for hydroxylation is 1. The molecule has 1 amide bonds. The minimum Gasteiger partial charge on any atom is -0.368 e. The van der Waals surface area contributed by atoms with E-state index in [-0.39, 0.29) is 11.9 Å². The number of sulfonamides is 1. The lowest BCUT2D eigenvalue weighted by Crippen LogP contribution is -2.47. The molecule has 8 nitrogen and oxygen atoms in total. The van der Waals surface area contributed by atoms with Crippen LogP contribution >= 0.6 is 0 Å². The highest BCUT2D eigenvalue weighted by atomic mass is 32.2. The van der Waals surface area contributed by atoms with Crippen molar-refractivity contribution in [3.05, 3.63) is 24.0 Å². The topological polar surface area (TPSA) is 102 Å². The van der Waals surface area contributed by atoms with Crippen molar-refractivity contribution in [1.82, 2.24) is 18.8 Å². The summed E-state index contributed by atoms with van der Waals surface area (Å²) in [6.45, 7) is 5.28. The van der Waals surface area contributed by atoms with Gasteiger partial charge in [-0.25, -0.2) is 13.4 Å². The Morgan fingerprint density at radius 1 is 1.13 bits per heavy atom. The molecule has 2 fully saturated rings. The second kappa shape index (κ2) is 8.64. The molecular weight excluding hydrogens is 402 g/mol. The number of rotatable bonds is 6. The minimum absolute atomic E-state index is 0.265. The highest BCUT2D eigenvalue weighted by Gasteiger charge is 2.29. The van der Waals surface area contributed by atoms with Crippen molar-refractivity contribution in [3.63, 3.8) is 0 Å². The minimum atomic E-state index is -3.50. The second-order valence-corrected chi connectivity index (χ2v) is 10.2. The molecule has 1 aromatic carbocycles. The van der Waals surface area contributed by atoms with Crippen LogP contribution in [0, 0.1) is 0 Å². The quantitative estimate of drug-likeness (QED) is 0.751. The zero-order valence-corrected chi connectivity index (χ0v) is 18.4. The van der Waals surface area contributed by atoms with Crippen LogP contribution in [0.3, 0.4) is 0 Å². The number of primary amides is 1. The highest BCUT2D eigenvalue weighted by molar-refractivity contribution is 7.89. The number of nitrogens with two attached hydrogens (primary N) is 1. The van der Waals surface area contributed by atoms with Gasteiger partial charge in [0.15, 0.2) is 0 Å². The molecule has 2 saturated heterocycles. The monoisotopic (exact) mass is 433 g/mol. The van der Waals surface area contributed by atoms with Crippen LogP contribution in [0.2, 0.25) is 0 Å². The van der Waals surface area contributed by atoms with Gasteiger partial charge in [-0.1, -0.05) is 12.8 Å². The molecule has 0 aliphatic carbocycles. The van der Waals surface area contributed by atoms with Gasteiger partial charge in [0.1, 0.15) is 5.82 Å². The van der Waals surface area contributed by atoms with E-state index in [1.807, 2.05) is 13.0 Å². The van der Waals surface area contributed by atoms with Crippen LogP contribution in [-0.2, 0) is 27.9 Å². The smallest absolute Gasteiger partial charge is 0.243 e. The lowest BCUT2D eigenvalue weighted by Gasteiger charge is -2.33. The molecule has 4 rings (SSSR count). The number of hydrogen-bond acceptors (Lipinski definition) is 5. The zero-order valence-electron chi connectivity index (χ0n) is 17.6. The standard InChI is InChI=1S/C21H31N5O3S/c1-2-26-18-10-9-16(30(28,29)25-12-5-3-6-13-25)14-17(18)23-20(26)15-24-11-7-4-8-19(24)21(22)27/h9-10,14,19H,2-8,11-13,15H2,1H3,(H2,22,27)/t19-/m1/s1. The highest BCUT2D eigenvalue weighted by Crippen LogP contribution is 2.26. The van der Waals surface area contributed by atoms with Gasteiger partial charge in [0.05, 0.1) is 28.5 Å². The van der Waals surface area contributed by atoms with Gasteiger partial charge in [-0.2, -0.15) is 4.31 Å². The number of fused-ring (bicyclic) bond motifs is 1. The molecule has 2 N–H and O–H groups in total. The molecular formula is C21H31N5O3S. The van der Waals surface area contributed by atoms with Gasteiger partial charge in [-0.05, 0) is 57.4 Å². The van der Waals surface area contributed by atoms with Crippen LogP contribution in [0.5, 0.6) is 0 Å². The third-order valence-electron chi connectivity index (χ3n) is 6.35. The summed E-state index contributed by atoms with van der Waals surface area (Å²) in [5.74, 6) is 0.553. The van der Waals surface area contributed by atoms with E-state index >= 15 is 0 Å². The van der Waals surface area contributed by atoms with E-state index in [1.165, 1.54) is 0 Å². The van der Waals surface area contributed by atoms with Crippen molar-refractivity contribution in [2.75, 3.05) is 19.6 Å². The molecule has 1 atom stereocenters. The molecule has 3 heterocycles. The molecule has 2 aliphatic heterocycles. The fourth-order valence-electron chi connectivity index (χ4n) is 4.73. The van der Waals surface area contributed by atoms with Crippen molar-refractivity contribution < 1.29 is 13.2 Å². The number of nitrogens with zero attached hydrogens (tertiary/aromatic N) is 4. The molecule has 30 heavy (non-hydrogen) atoms. The SMILES string of the molecule is CCn1c(CN2CCCC[C@@H]2C(N)=O)nc2cc(S(=O)(=O)N3CCCCC3)ccc21. The molecule has 164 valence electrons. The summed E-state index contributed by atoms with van der Waals surface area (Å²) >= 11 is 0. The number of piperidine rings is 2. The predicted octanol–water partition coefficient (Wildman–Crippen LogP) is 2.07. The van der Waals surface area contributed by atoms with E-state index in [0.29, 0.717) is 30.0 Å². The molecule has 2 aromatic rings. The van der Waals surface area contributed by atoms with Crippen molar-refractivity contribution in [2.45, 2.75) is 69.5 Å². The molecule has 1 aromatic heterocycles. The van der Waals surface area contributed by atoms with Crippen LogP contribution < -0.4 is 5.73 Å². The Hall–Kier alpha value is -1.97. The predicted molar refractivity (Wildman–Crippen MR) is 115 cm³/mol. The van der Waals surface area contributed by atoms with Gasteiger partial charge in [0.2, 0.25) is 15.9 Å². The number of carbonyl (C=O) groups excluding carboxylic acids is 1. The summed E-state index contributed by atoms with van der Waals surface area (Å²) in [6, 6.07) is 4.97. The maximum Gasteiger partial charge on any atom is 0.243 e. The maximum absolute atomic E-state index is 13.1. The van der Waals surface area contributed by atoms with E-state index in [1.54, 1.807) is 16.4 Å². The van der Waals surface area contributed by atoms with Gasteiger partial charge in [0, 0.05) is 19.6 Å². The van der Waals surface area contributed by atoms with Crippen LogP contribution in [0.1, 0.15) is 51.3 Å². The Bertz CT molecular complexity index is 1030. The number of carbonyl (C=O) groups is 1. The number of imidazole rings is 1. The Labute approximate surface area is 178 Å². The zero-order chi connectivity index (χ0) is 21.3. The number of aromatic nitrogens is 2. The van der Waals surface area contributed by atoms with Crippen LogP contribution in [0.15, 0.2) is 23.1 Å². The van der Waals surface area contributed by atoms with E-state index in [0.717, 1.165) is 63.0 Å². The molecule has 2 aliphatic rings. The van der Waals surface area contributed by atoms with Crippen LogP contribution in [-0.4, -0.2) is 58.8 Å². The Morgan fingerprint density at radius 2 is 1.87 bits per heavy atom. The van der Waals surface area contributed by atoms with Gasteiger partial charge in [-0.15, -0.1) is 0 Å². The number of benzene rings is 1. The van der Waals surface area contributed by atoms with E-state index in [2.05, 4.69) is 9.47 Å². The summed E-state index contributed by atoms with van der Waals surface area (Å²) in [7, 11) is -3.50. The van der Waals surface area contributed by atoms with Crippen LogP contribution in [0.4, 0.5) is 0 Å². The van der Waals surface area contributed by atoms with Crippen molar-refractivity contribution >= 4 is 27.0 Å². The fraction of sp³-hybridized carbons (Fsp3) is 0.619. The van der Waals surface area contributed by atoms with E-state index in [9.17, 15) is 13.2 Å². The maximum atomic E-state index is 13.1. The number of hydrogen-bond donors (Lipinski definition) is 1. The Balaban J connectivity index is 1.66. The largest absolute Gasteiger partial charge is 0.368 e. The number of amides is 1. The first-order valence-electron chi connectivity index (χ1n) is 10.9. The first-order chi connectivity index (χ1) is 14.4. The van der Waals surface area contributed by atoms with Crippen molar-refractivity contribution in [2.24, 2.45) is 5.73 Å². The molecule has 0 saturated carbocycles. The van der Waals surface area contributed by atoms with Crippen molar-refractivity contribution in [1.29, 1.82) is 0 Å². The second-order valence-electron chi connectivity index (χ2n) is 8.27. The molecule has 0 bridgehead atoms. The molecule has 0 unspecified atom stereocenters. The Kier molecular flexibility index (Phi) is 6.13. The van der Waals surface area contributed by atoms with Crippen molar-refractivity contribution in [3.8, 4) is 0 Å². The molecule has 0 spiro atoms. The average molecular weight is 434 g/mol. The van der Waals surface area contributed by atoms with E-state index in [4.69, 9.17) is 10.7 Å². The lowest BCUT2D eigenvalue weighted by atomic mass is 10.0. The fourth-order valence-corrected chi connectivity index (χ4v) is 6.27. The van der Waals surface area contributed by atoms with E-state index < -0.39 is 10.0 Å². The number of likely N-dealkylation sites (tertiary alicyclic amines) is 1. The molecule has 9 heteroatoms. The third kappa shape index (κ3) is 3.98. The normalized spacial score (nSPS) is 21.8. The van der Waals surface area contributed by atoms with Crippen LogP contribution in [0.25, 0.3) is 11.0 Å². The van der Waals surface area contributed by atoms with Gasteiger partial charge >= 0.3 is 0 Å². The third-order valence-corrected chi connectivity index (χ3v) is 8.25. The summed E-state index contributed by atoms with van der Waals surface area (Å²) in [6.07, 6.45) is 5.72. The van der Waals surface area contributed by atoms with Gasteiger partial charge in [0.25, 0.3) is 0 Å². The summed E-state index contributed by atoms with van der Waals surface area (Å²) in [5.41, 5.74) is 7.21. The first kappa shape index (κ1) is 21.3. The summed E-state index contributed by atoms with van der Waals surface area (Å²) in [5, 5.41) is 0. The Morgan fingerprint density at radius 3 is 2.57 bits per heavy atom. The van der Waals surface area contributed by atoms with Gasteiger partial charge < -0.3 is 10.3 Å². The lowest BCUT2D eigenvalue weighted by molar-refractivity contribution is -0.124. The average Bonchev–Trinajstić information content (AvgIpc) is 3.10. The summed E-state index contributed by atoms with van der Waals surface area (Å²) < 4.78 is 29.8. The first-order valence-corrected chi connectivity index (χ1v) is 12.4.